The van der Waals surface area contributed by atoms with Crippen molar-refractivity contribution in [2.75, 3.05) is 12.3 Å². The van der Waals surface area contributed by atoms with Crippen molar-refractivity contribution in [3.8, 4) is 0 Å². The molecule has 7 heteroatoms. The van der Waals surface area contributed by atoms with Crippen LogP contribution < -0.4 is 11.1 Å². The lowest BCUT2D eigenvalue weighted by molar-refractivity contribution is 0.0935. The van der Waals surface area contributed by atoms with Gasteiger partial charge in [-0.25, -0.2) is 8.42 Å². The third-order valence-corrected chi connectivity index (χ3v) is 5.13. The Labute approximate surface area is 139 Å². The van der Waals surface area contributed by atoms with Gasteiger partial charge in [0.25, 0.3) is 5.91 Å². The Morgan fingerprint density at radius 1 is 1.23 bits per heavy atom. The summed E-state index contributed by atoms with van der Waals surface area (Å²) in [4.78, 5) is 12.3. The van der Waals surface area contributed by atoms with Gasteiger partial charge in [0.2, 0.25) is 0 Å². The van der Waals surface area contributed by atoms with E-state index in [9.17, 15) is 13.2 Å². The molecular weight excluding hydrogens is 324 g/mol. The molecule has 0 bridgehead atoms. The Hall–Kier alpha value is -1.11. The summed E-state index contributed by atoms with van der Waals surface area (Å²) in [5.41, 5.74) is 6.09. The molecule has 1 aromatic carbocycles. The van der Waals surface area contributed by atoms with Crippen molar-refractivity contribution in [3.05, 3.63) is 29.8 Å². The zero-order chi connectivity index (χ0) is 15.9. The van der Waals surface area contributed by atoms with E-state index in [1.165, 1.54) is 24.3 Å². The highest BCUT2D eigenvalue weighted by molar-refractivity contribution is 7.91. The quantitative estimate of drug-likeness (QED) is 0.753. The van der Waals surface area contributed by atoms with E-state index in [2.05, 4.69) is 12.2 Å². The van der Waals surface area contributed by atoms with E-state index in [-0.39, 0.29) is 35.0 Å². The lowest BCUT2D eigenvalue weighted by Crippen LogP contribution is -2.40. The topological polar surface area (TPSA) is 89.3 Å². The third-order valence-electron chi connectivity index (χ3n) is 3.38. The van der Waals surface area contributed by atoms with Crippen LogP contribution in [0.5, 0.6) is 0 Å². The number of carbonyl (C=O) groups is 1. The predicted octanol–water partition coefficient (Wildman–Crippen LogP) is 2.15. The Bertz CT molecular complexity index is 559. The summed E-state index contributed by atoms with van der Waals surface area (Å²) in [6.45, 7) is 4.08. The molecule has 0 radical (unpaired) electrons. The maximum atomic E-state index is 12.1. The molecule has 0 saturated carbocycles. The summed E-state index contributed by atoms with van der Waals surface area (Å²) in [6.07, 6.45) is 2.91. The molecule has 3 N–H and O–H groups in total. The normalized spacial score (nSPS) is 12.3. The van der Waals surface area contributed by atoms with Gasteiger partial charge >= 0.3 is 0 Å². The molecule has 0 saturated heterocycles. The summed E-state index contributed by atoms with van der Waals surface area (Å²) in [7, 11) is -3.23. The number of amides is 1. The van der Waals surface area contributed by atoms with Crippen LogP contribution in [0.2, 0.25) is 0 Å². The maximum absolute atomic E-state index is 12.1. The fraction of sp³-hybridized carbons (Fsp3) is 0.533. The van der Waals surface area contributed by atoms with E-state index in [4.69, 9.17) is 5.73 Å². The molecule has 1 atom stereocenters. The van der Waals surface area contributed by atoms with Gasteiger partial charge in [0.05, 0.1) is 10.6 Å². The molecule has 22 heavy (non-hydrogen) atoms. The van der Waals surface area contributed by atoms with Crippen LogP contribution in [0, 0.1) is 0 Å². The molecule has 5 nitrogen and oxygen atoms in total. The van der Waals surface area contributed by atoms with Crippen LogP contribution in [0.4, 0.5) is 0 Å². The molecular formula is C15H25ClN2O3S. The molecule has 1 aromatic rings. The van der Waals surface area contributed by atoms with Crippen molar-refractivity contribution >= 4 is 28.2 Å². The largest absolute Gasteiger partial charge is 0.348 e. The van der Waals surface area contributed by atoms with Crippen molar-refractivity contribution in [3.63, 3.8) is 0 Å². The Kier molecular flexibility index (Phi) is 9.32. The van der Waals surface area contributed by atoms with E-state index in [1.54, 1.807) is 6.92 Å². The molecule has 1 amide bonds. The van der Waals surface area contributed by atoms with E-state index in [1.807, 2.05) is 0 Å². The van der Waals surface area contributed by atoms with Gasteiger partial charge in [0, 0.05) is 18.2 Å². The van der Waals surface area contributed by atoms with Gasteiger partial charge in [0.1, 0.15) is 0 Å². The molecule has 0 heterocycles. The molecule has 0 spiro atoms. The second-order valence-corrected chi connectivity index (χ2v) is 7.25. The van der Waals surface area contributed by atoms with Crippen LogP contribution in [0.1, 0.15) is 43.5 Å². The Morgan fingerprint density at radius 3 is 2.27 bits per heavy atom. The smallest absolute Gasteiger partial charge is 0.251 e. The second-order valence-electron chi connectivity index (χ2n) is 4.98. The Balaban J connectivity index is 0.00000441. The average Bonchev–Trinajstić information content (AvgIpc) is 2.51. The molecule has 0 aliphatic carbocycles. The number of unbranched alkanes of at least 4 members (excludes halogenated alkanes) is 1. The van der Waals surface area contributed by atoms with Crippen molar-refractivity contribution in [1.82, 2.24) is 5.32 Å². The fourth-order valence-electron chi connectivity index (χ4n) is 1.95. The molecule has 0 fully saturated rings. The monoisotopic (exact) mass is 348 g/mol. The van der Waals surface area contributed by atoms with Crippen LogP contribution >= 0.6 is 12.4 Å². The molecule has 0 aliphatic rings. The number of hydrogen-bond acceptors (Lipinski definition) is 4. The summed E-state index contributed by atoms with van der Waals surface area (Å²) in [5.74, 6) is -0.174. The van der Waals surface area contributed by atoms with Crippen molar-refractivity contribution in [2.45, 2.75) is 44.0 Å². The number of carbonyl (C=O) groups excluding carboxylic acids is 1. The summed E-state index contributed by atoms with van der Waals surface area (Å²) < 4.78 is 23.4. The van der Waals surface area contributed by atoms with E-state index >= 15 is 0 Å². The highest BCUT2D eigenvalue weighted by atomic mass is 35.5. The first-order valence-corrected chi connectivity index (χ1v) is 8.93. The number of nitrogens with one attached hydrogen (secondary N) is 1. The lowest BCUT2D eigenvalue weighted by atomic mass is 10.1. The van der Waals surface area contributed by atoms with Gasteiger partial charge in [-0.15, -0.1) is 12.4 Å². The van der Waals surface area contributed by atoms with Gasteiger partial charge < -0.3 is 11.1 Å². The van der Waals surface area contributed by atoms with Crippen LogP contribution in [0.15, 0.2) is 29.2 Å². The summed E-state index contributed by atoms with van der Waals surface area (Å²) >= 11 is 0. The van der Waals surface area contributed by atoms with Crippen molar-refractivity contribution < 1.29 is 13.2 Å². The molecule has 1 unspecified atom stereocenters. The fourth-order valence-corrected chi connectivity index (χ4v) is 2.83. The highest BCUT2D eigenvalue weighted by Crippen LogP contribution is 2.12. The standard InChI is InChI=1S/C15H24N2O3S.ClH/c1-3-5-6-13(11-16)17-15(18)12-7-9-14(10-8-12)21(19,20)4-2;/h7-10,13H,3-6,11,16H2,1-2H3,(H,17,18);1H. The third kappa shape index (κ3) is 5.94. The second kappa shape index (κ2) is 9.82. The van der Waals surface area contributed by atoms with Crippen molar-refractivity contribution in [2.24, 2.45) is 5.73 Å². The number of benzene rings is 1. The van der Waals surface area contributed by atoms with Crippen molar-refractivity contribution in [1.29, 1.82) is 0 Å². The van der Waals surface area contributed by atoms with Gasteiger partial charge in [-0.05, 0) is 30.7 Å². The predicted molar refractivity (Wildman–Crippen MR) is 91.3 cm³/mol. The number of hydrogen-bond donors (Lipinski definition) is 2. The van der Waals surface area contributed by atoms with E-state index < -0.39 is 9.84 Å². The minimum atomic E-state index is -3.23. The number of sulfone groups is 1. The average molecular weight is 349 g/mol. The van der Waals surface area contributed by atoms with Crippen LogP contribution in [0.3, 0.4) is 0 Å². The molecule has 0 aliphatic heterocycles. The van der Waals surface area contributed by atoms with Crippen LogP contribution in [-0.2, 0) is 9.84 Å². The van der Waals surface area contributed by atoms with Crippen LogP contribution in [0.25, 0.3) is 0 Å². The van der Waals surface area contributed by atoms with E-state index in [0.717, 1.165) is 19.3 Å². The molecule has 126 valence electrons. The minimum Gasteiger partial charge on any atom is -0.348 e. The minimum absolute atomic E-state index is 0. The summed E-state index contributed by atoms with van der Waals surface area (Å²) in [6, 6.07) is 5.96. The van der Waals surface area contributed by atoms with E-state index in [0.29, 0.717) is 12.1 Å². The molecule has 1 rings (SSSR count). The highest BCUT2D eigenvalue weighted by Gasteiger charge is 2.14. The van der Waals surface area contributed by atoms with Gasteiger partial charge in [-0.1, -0.05) is 26.7 Å². The first-order valence-electron chi connectivity index (χ1n) is 7.28. The zero-order valence-electron chi connectivity index (χ0n) is 13.0. The molecule has 0 aromatic heterocycles. The van der Waals surface area contributed by atoms with Crippen LogP contribution in [-0.4, -0.2) is 32.7 Å². The summed E-state index contributed by atoms with van der Waals surface area (Å²) in [5, 5.41) is 2.88. The van der Waals surface area contributed by atoms with Gasteiger partial charge in [-0.3, -0.25) is 4.79 Å². The zero-order valence-corrected chi connectivity index (χ0v) is 14.7. The van der Waals surface area contributed by atoms with Gasteiger partial charge in [0.15, 0.2) is 9.84 Å². The number of nitrogens with two attached hydrogens (primary N) is 1. The number of halogens is 1. The Morgan fingerprint density at radius 2 is 1.82 bits per heavy atom. The maximum Gasteiger partial charge on any atom is 0.251 e. The first kappa shape index (κ1) is 20.9. The SMILES string of the molecule is CCCCC(CN)NC(=O)c1ccc(S(=O)(=O)CC)cc1.Cl. The lowest BCUT2D eigenvalue weighted by Gasteiger charge is -2.16. The van der Waals surface area contributed by atoms with Gasteiger partial charge in [-0.2, -0.15) is 0 Å². The first-order chi connectivity index (χ1) is 9.94. The number of rotatable bonds is 8.